The second kappa shape index (κ2) is 8.61. The first-order valence-corrected chi connectivity index (χ1v) is 11.4. The van der Waals surface area contributed by atoms with Gasteiger partial charge in [0.05, 0.1) is 16.4 Å². The molecule has 166 valence electrons. The molecule has 0 saturated carbocycles. The molecule has 0 bridgehead atoms. The quantitative estimate of drug-likeness (QED) is 0.264. The van der Waals surface area contributed by atoms with Crippen LogP contribution >= 0.6 is 39.1 Å². The molecule has 0 saturated heterocycles. The lowest BCUT2D eigenvalue weighted by Gasteiger charge is -2.12. The first kappa shape index (κ1) is 23.0. The zero-order valence-electron chi connectivity index (χ0n) is 17.8. The summed E-state index contributed by atoms with van der Waals surface area (Å²) in [7, 11) is 0. The lowest BCUT2D eigenvalue weighted by Crippen LogP contribution is -2.11. The molecule has 1 unspecified atom stereocenters. The maximum absolute atomic E-state index is 15.1. The second-order valence-electron chi connectivity index (χ2n) is 8.40. The Hall–Kier alpha value is -2.22. The Balaban J connectivity index is 2.03. The summed E-state index contributed by atoms with van der Waals surface area (Å²) >= 11 is 16.0. The molecular weight excluding hydrogens is 518 g/mol. The van der Waals surface area contributed by atoms with Crippen molar-refractivity contribution >= 4 is 39.1 Å². The van der Waals surface area contributed by atoms with E-state index in [2.05, 4.69) is 26.1 Å². The highest BCUT2D eigenvalue weighted by molar-refractivity contribution is 9.10. The Bertz CT molecular complexity index is 1280. The van der Waals surface area contributed by atoms with E-state index in [1.54, 1.807) is 22.9 Å². The van der Waals surface area contributed by atoms with E-state index in [1.165, 1.54) is 6.92 Å². The summed E-state index contributed by atoms with van der Waals surface area (Å²) < 4.78 is 23.5. The van der Waals surface area contributed by atoms with E-state index >= 15 is 4.39 Å². The first-order valence-electron chi connectivity index (χ1n) is 9.89. The van der Waals surface area contributed by atoms with Crippen LogP contribution in [-0.4, -0.2) is 20.0 Å². The SMILES string of the molecule is CC(F)c1c(-c2nnc(C(C)(C)C)o2)nn(-c2ccc(Cl)cc2Cl)c1-c1ccc(Br)cc1. The number of hydrogen-bond acceptors (Lipinski definition) is 4. The molecule has 0 N–H and O–H groups in total. The zero-order valence-corrected chi connectivity index (χ0v) is 20.9. The number of rotatable bonds is 4. The minimum Gasteiger partial charge on any atom is -0.419 e. The van der Waals surface area contributed by atoms with Crippen LogP contribution in [0, 0.1) is 0 Å². The Labute approximate surface area is 203 Å². The molecule has 4 rings (SSSR count). The fourth-order valence-electron chi connectivity index (χ4n) is 3.30. The van der Waals surface area contributed by atoms with Crippen LogP contribution in [0.1, 0.15) is 45.3 Å². The van der Waals surface area contributed by atoms with Crippen molar-refractivity contribution in [3.63, 3.8) is 0 Å². The summed E-state index contributed by atoms with van der Waals surface area (Å²) in [5.74, 6) is 0.589. The Morgan fingerprint density at radius 1 is 1.06 bits per heavy atom. The molecule has 0 aliphatic carbocycles. The van der Waals surface area contributed by atoms with Crippen molar-refractivity contribution in [1.82, 2.24) is 20.0 Å². The third-order valence-electron chi connectivity index (χ3n) is 4.84. The Morgan fingerprint density at radius 2 is 1.75 bits per heavy atom. The largest absolute Gasteiger partial charge is 0.419 e. The topological polar surface area (TPSA) is 56.7 Å². The van der Waals surface area contributed by atoms with E-state index in [-0.39, 0.29) is 17.0 Å². The first-order chi connectivity index (χ1) is 15.1. The van der Waals surface area contributed by atoms with Gasteiger partial charge < -0.3 is 4.42 Å². The van der Waals surface area contributed by atoms with Gasteiger partial charge in [-0.3, -0.25) is 0 Å². The van der Waals surface area contributed by atoms with Crippen molar-refractivity contribution in [2.75, 3.05) is 0 Å². The molecular formula is C23H20BrCl2FN4O. The molecule has 0 spiro atoms. The van der Waals surface area contributed by atoms with Gasteiger partial charge >= 0.3 is 0 Å². The third-order valence-corrected chi connectivity index (χ3v) is 5.91. The van der Waals surface area contributed by atoms with E-state index < -0.39 is 6.17 Å². The monoisotopic (exact) mass is 536 g/mol. The summed E-state index contributed by atoms with van der Waals surface area (Å²) in [5.41, 5.74) is 2.10. The molecule has 0 aliphatic rings. The average molecular weight is 538 g/mol. The van der Waals surface area contributed by atoms with Gasteiger partial charge in [-0.05, 0) is 37.3 Å². The third kappa shape index (κ3) is 4.34. The van der Waals surface area contributed by atoms with Crippen molar-refractivity contribution in [3.05, 3.63) is 68.4 Å². The highest BCUT2D eigenvalue weighted by atomic mass is 79.9. The predicted octanol–water partition coefficient (Wildman–Crippen LogP) is 7.99. The van der Waals surface area contributed by atoms with Crippen LogP contribution in [0.3, 0.4) is 0 Å². The van der Waals surface area contributed by atoms with Gasteiger partial charge in [0.25, 0.3) is 5.89 Å². The van der Waals surface area contributed by atoms with Crippen LogP contribution in [0.4, 0.5) is 4.39 Å². The summed E-state index contributed by atoms with van der Waals surface area (Å²) in [4.78, 5) is 0. The van der Waals surface area contributed by atoms with Crippen LogP contribution in [0.5, 0.6) is 0 Å². The molecule has 5 nitrogen and oxygen atoms in total. The van der Waals surface area contributed by atoms with Gasteiger partial charge in [0, 0.05) is 26.0 Å². The molecule has 0 radical (unpaired) electrons. The lowest BCUT2D eigenvalue weighted by atomic mass is 9.97. The highest BCUT2D eigenvalue weighted by Crippen LogP contribution is 2.41. The standard InChI is InChI=1S/C23H20BrCl2FN4O/c1-12(27)18-19(21-28-29-22(32-21)23(2,3)4)30-31(17-10-9-15(25)11-16(17)26)20(18)13-5-7-14(24)8-6-13/h5-12H,1-4H3. The van der Waals surface area contributed by atoms with Crippen molar-refractivity contribution in [1.29, 1.82) is 0 Å². The van der Waals surface area contributed by atoms with Gasteiger partial charge in [0.2, 0.25) is 5.89 Å². The summed E-state index contributed by atoms with van der Waals surface area (Å²) in [6.45, 7) is 7.34. The normalized spacial score (nSPS) is 12.9. The second-order valence-corrected chi connectivity index (χ2v) is 10.2. The maximum atomic E-state index is 15.1. The van der Waals surface area contributed by atoms with E-state index in [1.807, 2.05) is 45.0 Å². The summed E-state index contributed by atoms with van der Waals surface area (Å²) in [5, 5.41) is 13.9. The van der Waals surface area contributed by atoms with Crippen LogP contribution in [0.15, 0.2) is 51.4 Å². The summed E-state index contributed by atoms with van der Waals surface area (Å²) in [6, 6.07) is 12.6. The van der Waals surface area contributed by atoms with Crippen LogP contribution in [-0.2, 0) is 5.41 Å². The van der Waals surface area contributed by atoms with Crippen LogP contribution in [0.2, 0.25) is 10.0 Å². The van der Waals surface area contributed by atoms with Gasteiger partial charge in [-0.15, -0.1) is 10.2 Å². The molecule has 0 aliphatic heterocycles. The molecule has 2 aromatic heterocycles. The predicted molar refractivity (Wildman–Crippen MR) is 128 cm³/mol. The lowest BCUT2D eigenvalue weighted by molar-refractivity contribution is 0.373. The molecule has 2 aromatic carbocycles. The van der Waals surface area contributed by atoms with E-state index in [9.17, 15) is 0 Å². The fraction of sp³-hybridized carbons (Fsp3) is 0.261. The van der Waals surface area contributed by atoms with Crippen LogP contribution < -0.4 is 0 Å². The van der Waals surface area contributed by atoms with Crippen molar-refractivity contribution in [2.45, 2.75) is 39.3 Å². The van der Waals surface area contributed by atoms with Crippen molar-refractivity contribution in [3.8, 4) is 28.5 Å². The van der Waals surface area contributed by atoms with E-state index in [0.717, 1.165) is 10.0 Å². The van der Waals surface area contributed by atoms with Crippen molar-refractivity contribution < 1.29 is 8.81 Å². The number of nitrogens with zero attached hydrogens (tertiary/aromatic N) is 4. The number of halogens is 4. The molecule has 9 heteroatoms. The van der Waals surface area contributed by atoms with E-state index in [0.29, 0.717) is 32.9 Å². The number of alkyl halides is 1. The molecule has 32 heavy (non-hydrogen) atoms. The van der Waals surface area contributed by atoms with Gasteiger partial charge in [-0.2, -0.15) is 5.10 Å². The molecule has 0 fully saturated rings. The fourth-order valence-corrected chi connectivity index (χ4v) is 4.05. The molecule has 2 heterocycles. The zero-order chi connectivity index (χ0) is 23.2. The van der Waals surface area contributed by atoms with Crippen LogP contribution in [0.25, 0.3) is 28.5 Å². The number of aromatic nitrogens is 4. The average Bonchev–Trinajstić information content (AvgIpc) is 3.33. The number of hydrogen-bond donors (Lipinski definition) is 0. The van der Waals surface area contributed by atoms with Gasteiger partial charge in [0.1, 0.15) is 6.17 Å². The minimum atomic E-state index is -1.37. The highest BCUT2D eigenvalue weighted by Gasteiger charge is 2.30. The summed E-state index contributed by atoms with van der Waals surface area (Å²) in [6.07, 6.45) is -1.37. The minimum absolute atomic E-state index is 0.150. The van der Waals surface area contributed by atoms with Gasteiger partial charge in [-0.25, -0.2) is 9.07 Å². The molecule has 0 amide bonds. The smallest absolute Gasteiger partial charge is 0.268 e. The Kier molecular flexibility index (Phi) is 6.18. The number of benzene rings is 2. The van der Waals surface area contributed by atoms with Gasteiger partial charge in [0.15, 0.2) is 5.69 Å². The van der Waals surface area contributed by atoms with E-state index in [4.69, 9.17) is 32.7 Å². The molecule has 1 atom stereocenters. The maximum Gasteiger partial charge on any atom is 0.268 e. The van der Waals surface area contributed by atoms with Gasteiger partial charge in [-0.1, -0.05) is 72.0 Å². The van der Waals surface area contributed by atoms with Crippen molar-refractivity contribution in [2.24, 2.45) is 0 Å². The molecule has 4 aromatic rings. The Morgan fingerprint density at radius 3 is 2.31 bits per heavy atom.